The zero-order valence-electron chi connectivity index (χ0n) is 20.1. The second kappa shape index (κ2) is 10.3. The molecule has 8 heteroatoms. The van der Waals surface area contributed by atoms with Crippen molar-refractivity contribution in [2.24, 2.45) is 5.73 Å². The second-order valence-corrected chi connectivity index (χ2v) is 8.24. The number of nitriles is 1. The molecule has 0 unspecified atom stereocenters. The summed E-state index contributed by atoms with van der Waals surface area (Å²) in [5.41, 5.74) is 10.1. The molecule has 37 heavy (non-hydrogen) atoms. The lowest BCUT2D eigenvalue weighted by molar-refractivity contribution is -0.145. The van der Waals surface area contributed by atoms with E-state index in [0.717, 1.165) is 11.3 Å². The van der Waals surface area contributed by atoms with Gasteiger partial charge in [-0.2, -0.15) is 15.0 Å². The first kappa shape index (κ1) is 23.7. The van der Waals surface area contributed by atoms with Crippen LogP contribution in [0.2, 0.25) is 0 Å². The van der Waals surface area contributed by atoms with Gasteiger partial charge in [-0.15, -0.1) is 0 Å². The molecule has 184 valence electrons. The first-order chi connectivity index (χ1) is 18.1. The van der Waals surface area contributed by atoms with Gasteiger partial charge in [-0.3, -0.25) is 0 Å². The summed E-state index contributed by atoms with van der Waals surface area (Å²) in [5.74, 6) is -0.314. The summed E-state index contributed by atoms with van der Waals surface area (Å²) in [4.78, 5) is 12.0. The molecule has 1 aliphatic rings. The number of allylic oxidation sites excluding steroid dienone is 1. The monoisotopic (exact) mass is 492 g/mol. The number of esters is 1. The Labute approximate surface area is 214 Å². The Balaban J connectivity index is 1.73. The fourth-order valence-corrected chi connectivity index (χ4v) is 4.39. The molecule has 0 spiro atoms. The van der Waals surface area contributed by atoms with Crippen LogP contribution >= 0.6 is 0 Å². The average Bonchev–Trinajstić information content (AvgIpc) is 3.31. The molecular weight excluding hydrogens is 468 g/mol. The molecule has 0 amide bonds. The summed E-state index contributed by atoms with van der Waals surface area (Å²) < 4.78 is 18.6. The lowest BCUT2D eigenvalue weighted by atomic mass is 9.82. The third-order valence-electron chi connectivity index (χ3n) is 5.98. The Morgan fingerprint density at radius 2 is 1.73 bits per heavy atom. The van der Waals surface area contributed by atoms with E-state index in [9.17, 15) is 10.1 Å². The molecule has 3 aromatic carbocycles. The topological polar surface area (TPSA) is 112 Å². The highest BCUT2D eigenvalue weighted by molar-refractivity contribution is 5.73. The van der Waals surface area contributed by atoms with Crippen LogP contribution in [0.5, 0.6) is 11.6 Å². The third kappa shape index (κ3) is 4.50. The summed E-state index contributed by atoms with van der Waals surface area (Å²) in [7, 11) is 0. The van der Waals surface area contributed by atoms with Crippen molar-refractivity contribution >= 4 is 5.97 Å². The molecule has 0 aliphatic carbocycles. The molecule has 5 rings (SSSR count). The minimum absolute atomic E-state index is 0.0168. The van der Waals surface area contributed by atoms with Gasteiger partial charge in [-0.25, -0.2) is 4.79 Å². The Morgan fingerprint density at radius 1 is 1.05 bits per heavy atom. The third-order valence-corrected chi connectivity index (χ3v) is 5.98. The van der Waals surface area contributed by atoms with Crippen molar-refractivity contribution in [3.05, 3.63) is 108 Å². The number of benzene rings is 3. The molecule has 1 atom stereocenters. The molecule has 0 saturated carbocycles. The highest BCUT2D eigenvalue weighted by Crippen LogP contribution is 2.49. The van der Waals surface area contributed by atoms with Crippen molar-refractivity contribution in [1.82, 2.24) is 9.78 Å². The van der Waals surface area contributed by atoms with E-state index < -0.39 is 11.9 Å². The SMILES string of the molecule is CCOC(=O)COc1ccccc1[C@@H]1C(C#N)=C(N)Oc2c1c(-c1ccccc1)nn2-c1ccccc1. The van der Waals surface area contributed by atoms with Crippen molar-refractivity contribution in [2.75, 3.05) is 13.2 Å². The minimum atomic E-state index is -0.653. The number of nitrogens with two attached hydrogens (primary N) is 1. The van der Waals surface area contributed by atoms with Crippen LogP contribution in [0.1, 0.15) is 24.0 Å². The summed E-state index contributed by atoms with van der Waals surface area (Å²) >= 11 is 0. The molecule has 2 N–H and O–H groups in total. The van der Waals surface area contributed by atoms with Gasteiger partial charge in [0.2, 0.25) is 11.8 Å². The lowest BCUT2D eigenvalue weighted by Gasteiger charge is -2.26. The van der Waals surface area contributed by atoms with Crippen LogP contribution in [0.4, 0.5) is 0 Å². The van der Waals surface area contributed by atoms with Crippen LogP contribution in [-0.2, 0) is 9.53 Å². The van der Waals surface area contributed by atoms with Crippen molar-refractivity contribution in [3.8, 4) is 34.6 Å². The number of ether oxygens (including phenoxy) is 3. The molecule has 0 radical (unpaired) electrons. The van der Waals surface area contributed by atoms with E-state index in [4.69, 9.17) is 25.0 Å². The van der Waals surface area contributed by atoms with Crippen molar-refractivity contribution in [2.45, 2.75) is 12.8 Å². The molecule has 1 aliphatic heterocycles. The van der Waals surface area contributed by atoms with Crippen LogP contribution in [0, 0.1) is 11.3 Å². The van der Waals surface area contributed by atoms with Gasteiger partial charge in [-0.1, -0.05) is 66.7 Å². The predicted molar refractivity (Wildman–Crippen MR) is 137 cm³/mol. The van der Waals surface area contributed by atoms with Crippen LogP contribution in [0.15, 0.2) is 96.4 Å². The number of carbonyl (C=O) groups excluding carboxylic acids is 1. The fraction of sp³-hybridized carbons (Fsp3) is 0.138. The van der Waals surface area contributed by atoms with Crippen LogP contribution < -0.4 is 15.2 Å². The van der Waals surface area contributed by atoms with E-state index in [1.165, 1.54) is 0 Å². The molecule has 8 nitrogen and oxygen atoms in total. The first-order valence-electron chi connectivity index (χ1n) is 11.8. The predicted octanol–water partition coefficient (Wildman–Crippen LogP) is 4.70. The van der Waals surface area contributed by atoms with Gasteiger partial charge in [-0.05, 0) is 25.1 Å². The van der Waals surface area contributed by atoms with Gasteiger partial charge >= 0.3 is 5.97 Å². The standard InChI is InChI=1S/C29H24N4O4/c1-2-35-24(34)18-36-23-16-10-9-15-21(23)25-22(17-30)28(31)37-29-26(25)27(19-11-5-3-6-12-19)32-33(29)20-13-7-4-8-14-20/h3-16,25H,2,18,31H2,1H3/t25-/m1/s1. The summed E-state index contributed by atoms with van der Waals surface area (Å²) in [6.07, 6.45) is 0. The summed E-state index contributed by atoms with van der Waals surface area (Å²) in [6, 6.07) is 28.7. The molecule has 0 fully saturated rings. The first-order valence-corrected chi connectivity index (χ1v) is 11.8. The van der Waals surface area contributed by atoms with E-state index in [1.54, 1.807) is 23.7 Å². The molecule has 2 heterocycles. The Bertz CT molecular complexity index is 1500. The molecule has 1 aromatic heterocycles. The number of hydrogen-bond donors (Lipinski definition) is 1. The molecular formula is C29H24N4O4. The summed E-state index contributed by atoms with van der Waals surface area (Å²) in [5, 5.41) is 15.1. The van der Waals surface area contributed by atoms with Crippen molar-refractivity contribution < 1.29 is 19.0 Å². The minimum Gasteiger partial charge on any atom is -0.482 e. The van der Waals surface area contributed by atoms with Crippen LogP contribution in [0.25, 0.3) is 16.9 Å². The van der Waals surface area contributed by atoms with E-state index in [2.05, 4.69) is 6.07 Å². The smallest absolute Gasteiger partial charge is 0.344 e. The Hall–Kier alpha value is -5.03. The number of rotatable bonds is 7. The van der Waals surface area contributed by atoms with Crippen LogP contribution in [0.3, 0.4) is 0 Å². The maximum absolute atomic E-state index is 12.0. The van der Waals surface area contributed by atoms with Gasteiger partial charge < -0.3 is 19.9 Å². The van der Waals surface area contributed by atoms with Gasteiger partial charge in [0.1, 0.15) is 23.1 Å². The largest absolute Gasteiger partial charge is 0.482 e. The second-order valence-electron chi connectivity index (χ2n) is 8.24. The molecule has 4 aromatic rings. The maximum atomic E-state index is 12.0. The highest BCUT2D eigenvalue weighted by atomic mass is 16.6. The fourth-order valence-electron chi connectivity index (χ4n) is 4.39. The number of aromatic nitrogens is 2. The van der Waals surface area contributed by atoms with E-state index in [-0.39, 0.29) is 24.7 Å². The van der Waals surface area contributed by atoms with Crippen molar-refractivity contribution in [1.29, 1.82) is 5.26 Å². The highest BCUT2D eigenvalue weighted by Gasteiger charge is 2.39. The lowest BCUT2D eigenvalue weighted by Crippen LogP contribution is -2.23. The van der Waals surface area contributed by atoms with Gasteiger partial charge in [0, 0.05) is 11.1 Å². The van der Waals surface area contributed by atoms with Gasteiger partial charge in [0.05, 0.1) is 23.8 Å². The number of fused-ring (bicyclic) bond motifs is 1. The van der Waals surface area contributed by atoms with Crippen molar-refractivity contribution in [3.63, 3.8) is 0 Å². The van der Waals surface area contributed by atoms with E-state index in [1.807, 2.05) is 72.8 Å². The van der Waals surface area contributed by atoms with E-state index >= 15 is 0 Å². The number of carbonyl (C=O) groups is 1. The van der Waals surface area contributed by atoms with Crippen LogP contribution in [-0.4, -0.2) is 29.0 Å². The van der Waals surface area contributed by atoms with E-state index in [0.29, 0.717) is 28.5 Å². The quantitative estimate of drug-likeness (QED) is 0.372. The van der Waals surface area contributed by atoms with Gasteiger partial charge in [0.25, 0.3) is 0 Å². The normalized spacial score (nSPS) is 14.3. The Kier molecular flexibility index (Phi) is 6.60. The number of nitrogens with zero attached hydrogens (tertiary/aromatic N) is 3. The average molecular weight is 493 g/mol. The Morgan fingerprint density at radius 3 is 2.43 bits per heavy atom. The molecule has 0 saturated heterocycles. The van der Waals surface area contributed by atoms with Gasteiger partial charge in [0.15, 0.2) is 6.61 Å². The molecule has 0 bridgehead atoms. The number of hydrogen-bond acceptors (Lipinski definition) is 7. The zero-order chi connectivity index (χ0) is 25.8. The number of para-hydroxylation sites is 2. The zero-order valence-corrected chi connectivity index (χ0v) is 20.1. The summed E-state index contributed by atoms with van der Waals surface area (Å²) in [6.45, 7) is 1.72. The maximum Gasteiger partial charge on any atom is 0.344 e.